The Labute approximate surface area is 373 Å². The molecule has 64 heavy (non-hydrogen) atoms. The molecule has 0 spiro atoms. The monoisotopic (exact) mass is 819 g/mol. The summed E-state index contributed by atoms with van der Waals surface area (Å²) in [6.07, 6.45) is 0. The fourth-order valence-corrected chi connectivity index (χ4v) is 9.18. The van der Waals surface area contributed by atoms with Crippen molar-refractivity contribution in [2.45, 2.75) is 0 Å². The van der Waals surface area contributed by atoms with Crippen LogP contribution in [0, 0.1) is 11.3 Å². The van der Waals surface area contributed by atoms with E-state index in [1.54, 1.807) is 0 Å². The van der Waals surface area contributed by atoms with E-state index in [0.29, 0.717) is 11.6 Å². The summed E-state index contributed by atoms with van der Waals surface area (Å²) in [6, 6.07) is 67.9. The molecule has 0 saturated heterocycles. The average Bonchev–Trinajstić information content (AvgIpc) is 3.91. The molecule has 0 fully saturated rings. The summed E-state index contributed by atoms with van der Waals surface area (Å²) >= 11 is 0. The Morgan fingerprint density at radius 2 is 0.906 bits per heavy atom. The Kier molecular flexibility index (Phi) is 8.02. The van der Waals surface area contributed by atoms with Gasteiger partial charge in [0.1, 0.15) is 6.07 Å². The van der Waals surface area contributed by atoms with E-state index in [2.05, 4.69) is 47.0 Å². The number of fused-ring (bicyclic) bond motifs is 7. The molecule has 3 aromatic heterocycles. The largest absolute Gasteiger partial charge is 0.309 e. The highest BCUT2D eigenvalue weighted by atomic mass is 15.0. The van der Waals surface area contributed by atoms with Crippen LogP contribution in [0.4, 0.5) is 0 Å². The van der Waals surface area contributed by atoms with Gasteiger partial charge in [0.25, 0.3) is 0 Å². The molecule has 0 aliphatic carbocycles. The average molecular weight is 820 g/mol. The molecule has 0 aliphatic rings. The van der Waals surface area contributed by atoms with Crippen molar-refractivity contribution in [3.05, 3.63) is 224 Å². The summed E-state index contributed by atoms with van der Waals surface area (Å²) in [5.41, 5.74) is 9.67. The summed E-state index contributed by atoms with van der Waals surface area (Å²) in [5.74, 6) is 0.678. The van der Waals surface area contributed by atoms with Crippen LogP contribution in [0.15, 0.2) is 218 Å². The smallest absolute Gasteiger partial charge is 0.164 e. The lowest BCUT2D eigenvalue weighted by Crippen LogP contribution is -2.03. The van der Waals surface area contributed by atoms with Crippen molar-refractivity contribution >= 4 is 43.6 Å². The van der Waals surface area contributed by atoms with Crippen LogP contribution in [0.5, 0.6) is 0 Å². The lowest BCUT2D eigenvalue weighted by molar-refractivity contribution is 1.07. The van der Waals surface area contributed by atoms with Crippen molar-refractivity contribution in [3.8, 4) is 73.9 Å². The van der Waals surface area contributed by atoms with Crippen LogP contribution >= 0.6 is 0 Å². The van der Waals surface area contributed by atoms with Gasteiger partial charge in [-0.25, -0.2) is 15.0 Å². The molecule has 298 valence electrons. The number of aromatic nitrogens is 5. The van der Waals surface area contributed by atoms with Gasteiger partial charge in [-0.3, -0.25) is 0 Å². The Balaban J connectivity index is 1.16. The molecule has 6 nitrogen and oxygen atoms in total. The molecule has 0 N–H and O–H groups in total. The summed E-state index contributed by atoms with van der Waals surface area (Å²) < 4.78 is 34.0. The van der Waals surface area contributed by atoms with Gasteiger partial charge in [0.2, 0.25) is 0 Å². The van der Waals surface area contributed by atoms with Crippen LogP contribution in [0.1, 0.15) is 9.68 Å². The van der Waals surface area contributed by atoms with Gasteiger partial charge in [-0.05, 0) is 70.7 Å². The fourth-order valence-electron chi connectivity index (χ4n) is 9.18. The van der Waals surface area contributed by atoms with Gasteiger partial charge in [-0.15, -0.1) is 0 Å². The summed E-state index contributed by atoms with van der Waals surface area (Å²) in [4.78, 5) is 15.3. The molecule has 6 heteroatoms. The Hall–Kier alpha value is -8.92. The third-order valence-electron chi connectivity index (χ3n) is 12.0. The van der Waals surface area contributed by atoms with E-state index in [1.807, 2.05) is 168 Å². The lowest BCUT2D eigenvalue weighted by atomic mass is 9.98. The van der Waals surface area contributed by atoms with E-state index in [1.165, 1.54) is 0 Å². The summed E-state index contributed by atoms with van der Waals surface area (Å²) in [5, 5.41) is 15.0. The molecule has 0 radical (unpaired) electrons. The van der Waals surface area contributed by atoms with Crippen molar-refractivity contribution in [1.29, 1.82) is 5.26 Å². The molecular formula is C58H36N6. The van der Waals surface area contributed by atoms with Crippen molar-refractivity contribution < 1.29 is 4.11 Å². The van der Waals surface area contributed by atoms with Crippen LogP contribution in [0.25, 0.3) is 111 Å². The minimum atomic E-state index is -0.278. The van der Waals surface area contributed by atoms with Gasteiger partial charge in [-0.1, -0.05) is 170 Å². The van der Waals surface area contributed by atoms with Crippen molar-refractivity contribution in [2.75, 3.05) is 0 Å². The van der Waals surface area contributed by atoms with Crippen LogP contribution < -0.4 is 0 Å². The first-order valence-electron chi connectivity index (χ1n) is 22.6. The Morgan fingerprint density at radius 1 is 0.406 bits per heavy atom. The first-order valence-corrected chi connectivity index (χ1v) is 21.1. The highest BCUT2D eigenvalue weighted by Crippen LogP contribution is 2.43. The molecule has 0 saturated carbocycles. The molecule has 3 heterocycles. The number of para-hydroxylation sites is 3. The highest BCUT2D eigenvalue weighted by Gasteiger charge is 2.23. The van der Waals surface area contributed by atoms with Gasteiger partial charge in [0.15, 0.2) is 17.5 Å². The normalized spacial score (nSPS) is 12.1. The van der Waals surface area contributed by atoms with E-state index >= 15 is 0 Å². The Bertz CT molecular complexity index is 3870. The van der Waals surface area contributed by atoms with Crippen LogP contribution in [-0.2, 0) is 0 Å². The molecule has 0 unspecified atom stereocenters. The van der Waals surface area contributed by atoms with E-state index < -0.39 is 0 Å². The number of benzene rings is 9. The maximum atomic E-state index is 11.3. The minimum Gasteiger partial charge on any atom is -0.309 e. The maximum Gasteiger partial charge on any atom is 0.164 e. The second-order valence-corrected chi connectivity index (χ2v) is 15.6. The number of rotatable bonds is 7. The molecule has 0 aliphatic heterocycles. The zero-order chi connectivity index (χ0) is 45.2. The Morgan fingerprint density at radius 3 is 1.52 bits per heavy atom. The lowest BCUT2D eigenvalue weighted by Gasteiger charge is -2.15. The van der Waals surface area contributed by atoms with Crippen molar-refractivity contribution in [1.82, 2.24) is 24.1 Å². The first-order chi connectivity index (χ1) is 33.0. The van der Waals surface area contributed by atoms with Gasteiger partial charge in [0.05, 0.1) is 37.4 Å². The second-order valence-electron chi connectivity index (χ2n) is 15.6. The number of nitriles is 1. The van der Waals surface area contributed by atoms with E-state index in [9.17, 15) is 9.37 Å². The zero-order valence-electron chi connectivity index (χ0n) is 37.2. The zero-order valence-corrected chi connectivity index (χ0v) is 34.2. The highest BCUT2D eigenvalue weighted by molar-refractivity contribution is 6.26. The third kappa shape index (κ3) is 5.99. The molecule has 0 amide bonds. The van der Waals surface area contributed by atoms with Gasteiger partial charge < -0.3 is 9.13 Å². The summed E-state index contributed by atoms with van der Waals surface area (Å²) in [7, 11) is 0. The van der Waals surface area contributed by atoms with Crippen molar-refractivity contribution in [2.24, 2.45) is 0 Å². The van der Waals surface area contributed by atoms with E-state index in [4.69, 9.17) is 15.0 Å². The number of nitrogens with zero attached hydrogens (tertiary/aromatic N) is 6. The molecule has 9 aromatic carbocycles. The quantitative estimate of drug-likeness (QED) is 0.161. The van der Waals surface area contributed by atoms with Gasteiger partial charge >= 0.3 is 0 Å². The van der Waals surface area contributed by atoms with E-state index in [-0.39, 0.29) is 40.8 Å². The first kappa shape index (κ1) is 33.8. The van der Waals surface area contributed by atoms with Crippen LogP contribution in [0.3, 0.4) is 0 Å². The SMILES string of the molecule is [2H]c1c([2H])c(-n2c3ccccc3c3ccc4c(c5ccccc5n4-c4ccccc4)c32)c(C#N)c([2H])c1-c1nc(-c2ccccc2-c2ccccc2)nc(-c2ccccc2-c2ccccc2)n1. The van der Waals surface area contributed by atoms with Gasteiger partial charge in [-0.2, -0.15) is 5.26 Å². The predicted molar refractivity (Wildman–Crippen MR) is 260 cm³/mol. The minimum absolute atomic E-state index is 0.0211. The van der Waals surface area contributed by atoms with E-state index in [0.717, 1.165) is 82.7 Å². The second kappa shape index (κ2) is 15.2. The summed E-state index contributed by atoms with van der Waals surface area (Å²) in [6.45, 7) is 0. The van der Waals surface area contributed by atoms with Crippen molar-refractivity contribution in [3.63, 3.8) is 0 Å². The maximum absolute atomic E-state index is 11.3. The molecule has 0 atom stereocenters. The van der Waals surface area contributed by atoms with Gasteiger partial charge in [0, 0.05) is 43.9 Å². The van der Waals surface area contributed by atoms with Crippen LogP contribution in [-0.4, -0.2) is 24.1 Å². The molecular weight excluding hydrogens is 781 g/mol. The number of hydrogen-bond donors (Lipinski definition) is 0. The number of hydrogen-bond acceptors (Lipinski definition) is 4. The topological polar surface area (TPSA) is 72.3 Å². The third-order valence-corrected chi connectivity index (χ3v) is 12.0. The molecule has 12 rings (SSSR count). The fraction of sp³-hybridized carbons (Fsp3) is 0. The molecule has 12 aromatic rings. The van der Waals surface area contributed by atoms with Crippen LogP contribution in [0.2, 0.25) is 0 Å². The standard InChI is InChI=1S/C58H36N6/c59-37-41-36-40(56-60-57(47-27-12-10-24-43(47)38-18-4-1-5-19-38)62-58(61-56)48-28-13-11-25-44(48)39-20-6-2-7-21-39)32-34-50(41)64-51-30-16-14-26-45(51)46-33-35-53-54(55(46)64)49-29-15-17-31-52(49)63(53)42-22-8-3-9-23-42/h1-36H/i32D,34D,36D. The molecule has 0 bridgehead atoms. The predicted octanol–water partition coefficient (Wildman–Crippen LogP) is 14.3.